The quantitative estimate of drug-likeness (QED) is 0.284. The molecule has 0 amide bonds. The first-order valence-electron chi connectivity index (χ1n) is 10.5. The zero-order valence-electron chi connectivity index (χ0n) is 18.8. The maximum atomic E-state index is 5.61. The minimum atomic E-state index is 0.174. The van der Waals surface area contributed by atoms with Crippen molar-refractivity contribution >= 4 is 34.2 Å². The Morgan fingerprint density at radius 2 is 0.931 bits per heavy atom. The Morgan fingerprint density at radius 3 is 1.21 bits per heavy atom. The summed E-state index contributed by atoms with van der Waals surface area (Å²) in [5, 5.41) is 3.48. The summed E-state index contributed by atoms with van der Waals surface area (Å²) >= 11 is 11.2. The van der Waals surface area contributed by atoms with Gasteiger partial charge in [0, 0.05) is 22.8 Å². The van der Waals surface area contributed by atoms with Gasteiger partial charge < -0.3 is 5.32 Å². The van der Waals surface area contributed by atoms with Crippen LogP contribution in [0.5, 0.6) is 0 Å². The normalized spacial score (nSPS) is 12.1. The molecule has 0 aliphatic heterocycles. The van der Waals surface area contributed by atoms with Gasteiger partial charge in [-0.25, -0.2) is 0 Å². The van der Waals surface area contributed by atoms with Crippen LogP contribution in [0, 0.1) is 0 Å². The van der Waals surface area contributed by atoms with Gasteiger partial charge in [0.2, 0.25) is 0 Å². The van der Waals surface area contributed by atoms with Crippen LogP contribution in [-0.2, 0) is 10.8 Å². The maximum absolute atomic E-state index is 5.61. The predicted octanol–water partition coefficient (Wildman–Crippen LogP) is 6.79. The van der Waals surface area contributed by atoms with Crippen molar-refractivity contribution in [3.63, 3.8) is 0 Å². The topological polar surface area (TPSA) is 12.0 Å². The molecule has 1 nitrogen and oxygen atoms in total. The fourth-order valence-corrected chi connectivity index (χ4v) is 3.61. The number of hydrogen-bond donors (Lipinski definition) is 1. The summed E-state index contributed by atoms with van der Waals surface area (Å²) < 4.78 is 0. The lowest BCUT2D eigenvalue weighted by atomic mass is 9.86. The van der Waals surface area contributed by atoms with Crippen molar-refractivity contribution in [1.29, 1.82) is 0 Å². The monoisotopic (exact) mass is 425 g/mol. The van der Waals surface area contributed by atoms with Crippen molar-refractivity contribution in [2.45, 2.75) is 65.2 Å². The molecule has 0 heterocycles. The second kappa shape index (κ2) is 10.1. The molecule has 1 N–H and O–H groups in total. The highest BCUT2D eigenvalue weighted by atomic mass is 32.1. The van der Waals surface area contributed by atoms with Crippen molar-refractivity contribution in [3.8, 4) is 0 Å². The van der Waals surface area contributed by atoms with Crippen molar-refractivity contribution in [2.75, 3.05) is 13.1 Å². The molecule has 2 aromatic rings. The molecule has 3 heteroatoms. The van der Waals surface area contributed by atoms with Crippen LogP contribution in [-0.4, -0.2) is 22.8 Å². The zero-order chi connectivity index (χ0) is 21.7. The summed E-state index contributed by atoms with van der Waals surface area (Å²) in [4.78, 5) is 2.02. The molecule has 0 fully saturated rings. The average molecular weight is 426 g/mol. The number of nitrogens with one attached hydrogen (secondary N) is 1. The van der Waals surface area contributed by atoms with E-state index in [2.05, 4.69) is 95.4 Å². The second-order valence-electron chi connectivity index (χ2n) is 9.75. The minimum absolute atomic E-state index is 0.174. The molecule has 0 aliphatic carbocycles. The van der Waals surface area contributed by atoms with E-state index in [1.807, 2.05) is 0 Å². The van der Waals surface area contributed by atoms with Gasteiger partial charge in [-0.1, -0.05) is 115 Å². The van der Waals surface area contributed by atoms with Crippen LogP contribution in [0.3, 0.4) is 0 Å². The SMILES string of the molecule is CC(C)(C)c1ccc(C(=S)CCNCCC(=S)c2ccc(C(C)(C)C)cc2)cc1. The van der Waals surface area contributed by atoms with Crippen molar-refractivity contribution < 1.29 is 0 Å². The lowest BCUT2D eigenvalue weighted by Gasteiger charge is -2.19. The molecule has 0 bridgehead atoms. The summed E-state index contributed by atoms with van der Waals surface area (Å²) in [6, 6.07) is 17.4. The molecular weight excluding hydrogens is 390 g/mol. The molecular formula is C26H35NS2. The zero-order valence-corrected chi connectivity index (χ0v) is 20.4. The first kappa shape index (κ1) is 23.9. The van der Waals surface area contributed by atoms with Crippen LogP contribution in [0.1, 0.15) is 76.6 Å². The van der Waals surface area contributed by atoms with Gasteiger partial charge in [0.1, 0.15) is 0 Å². The number of benzene rings is 2. The lowest BCUT2D eigenvalue weighted by molar-refractivity contribution is 0.590. The Morgan fingerprint density at radius 1 is 0.621 bits per heavy atom. The standard InChI is InChI=1S/C26H35NS2/c1-25(2,3)21-11-7-19(8-12-21)23(28)15-17-27-18-16-24(29)20-9-13-22(14-10-20)26(4,5)6/h7-14,27H,15-18H2,1-6H3. The van der Waals surface area contributed by atoms with Gasteiger partial charge >= 0.3 is 0 Å². The Labute approximate surface area is 188 Å². The molecule has 2 aromatic carbocycles. The van der Waals surface area contributed by atoms with Crippen LogP contribution < -0.4 is 5.32 Å². The number of rotatable bonds is 8. The molecule has 0 atom stereocenters. The summed E-state index contributed by atoms with van der Waals surface area (Å²) in [7, 11) is 0. The van der Waals surface area contributed by atoms with Crippen molar-refractivity contribution in [3.05, 3.63) is 70.8 Å². The van der Waals surface area contributed by atoms with E-state index in [1.165, 1.54) is 11.1 Å². The maximum Gasteiger partial charge on any atom is 0.0237 e. The first-order chi connectivity index (χ1) is 13.5. The molecule has 0 aliphatic rings. The Hall–Kier alpha value is -1.42. The Bertz CT molecular complexity index is 747. The van der Waals surface area contributed by atoms with E-state index in [9.17, 15) is 0 Å². The molecule has 0 saturated carbocycles. The predicted molar refractivity (Wildman–Crippen MR) is 136 cm³/mol. The summed E-state index contributed by atoms with van der Waals surface area (Å²) in [6.45, 7) is 15.1. The highest BCUT2D eigenvalue weighted by molar-refractivity contribution is 7.81. The van der Waals surface area contributed by atoms with Gasteiger partial charge in [-0.2, -0.15) is 0 Å². The first-order valence-corrected chi connectivity index (χ1v) is 11.3. The smallest absolute Gasteiger partial charge is 0.0237 e. The summed E-state index contributed by atoms with van der Waals surface area (Å²) in [6.07, 6.45) is 1.74. The van der Waals surface area contributed by atoms with Crippen LogP contribution in [0.2, 0.25) is 0 Å². The van der Waals surface area contributed by atoms with Gasteiger partial charge in [0.25, 0.3) is 0 Å². The largest absolute Gasteiger partial charge is 0.316 e. The number of thiocarbonyl (C=S) groups is 2. The van der Waals surface area contributed by atoms with Crippen LogP contribution in [0.15, 0.2) is 48.5 Å². The van der Waals surface area contributed by atoms with Gasteiger partial charge in [0.15, 0.2) is 0 Å². The van der Waals surface area contributed by atoms with E-state index in [1.54, 1.807) is 0 Å². The third-order valence-electron chi connectivity index (χ3n) is 5.20. The van der Waals surface area contributed by atoms with Crippen LogP contribution in [0.25, 0.3) is 0 Å². The van der Waals surface area contributed by atoms with E-state index in [-0.39, 0.29) is 10.8 Å². The Balaban J connectivity index is 1.73. The third-order valence-corrected chi connectivity index (χ3v) is 6.08. The van der Waals surface area contributed by atoms with E-state index in [0.717, 1.165) is 46.8 Å². The average Bonchev–Trinajstić information content (AvgIpc) is 2.66. The fraction of sp³-hybridized carbons (Fsp3) is 0.462. The lowest BCUT2D eigenvalue weighted by Crippen LogP contribution is -2.21. The third kappa shape index (κ3) is 7.40. The molecule has 156 valence electrons. The minimum Gasteiger partial charge on any atom is -0.316 e. The van der Waals surface area contributed by atoms with Gasteiger partial charge in [-0.3, -0.25) is 0 Å². The molecule has 0 radical (unpaired) electrons. The van der Waals surface area contributed by atoms with Crippen molar-refractivity contribution in [2.24, 2.45) is 0 Å². The molecule has 0 aromatic heterocycles. The van der Waals surface area contributed by atoms with Crippen molar-refractivity contribution in [1.82, 2.24) is 5.32 Å². The highest BCUT2D eigenvalue weighted by Gasteiger charge is 2.14. The summed E-state index contributed by atoms with van der Waals surface area (Å²) in [5.74, 6) is 0. The Kier molecular flexibility index (Phi) is 8.28. The molecule has 0 saturated heterocycles. The van der Waals surface area contributed by atoms with E-state index in [4.69, 9.17) is 24.4 Å². The van der Waals surface area contributed by atoms with E-state index in [0.29, 0.717) is 0 Å². The van der Waals surface area contributed by atoms with Gasteiger partial charge in [0.05, 0.1) is 0 Å². The fourth-order valence-electron chi connectivity index (χ4n) is 3.13. The van der Waals surface area contributed by atoms with Gasteiger partial charge in [-0.05, 0) is 45.9 Å². The highest BCUT2D eigenvalue weighted by Crippen LogP contribution is 2.23. The molecule has 0 unspecified atom stereocenters. The second-order valence-corrected chi connectivity index (χ2v) is 10.7. The number of hydrogen-bond acceptors (Lipinski definition) is 3. The summed E-state index contributed by atoms with van der Waals surface area (Å²) in [5.41, 5.74) is 5.34. The van der Waals surface area contributed by atoms with Crippen LogP contribution in [0.4, 0.5) is 0 Å². The van der Waals surface area contributed by atoms with Crippen LogP contribution >= 0.6 is 24.4 Å². The van der Waals surface area contributed by atoms with Gasteiger partial charge in [-0.15, -0.1) is 0 Å². The molecule has 2 rings (SSSR count). The molecule has 0 spiro atoms. The molecule has 29 heavy (non-hydrogen) atoms. The van der Waals surface area contributed by atoms with E-state index < -0.39 is 0 Å². The van der Waals surface area contributed by atoms with E-state index >= 15 is 0 Å².